The lowest BCUT2D eigenvalue weighted by Gasteiger charge is -1.97. The largest absolute Gasteiger partial charge is 0.491 e. The Balaban J connectivity index is 3.21. The van der Waals surface area contributed by atoms with E-state index >= 15 is 0 Å². The van der Waals surface area contributed by atoms with E-state index in [2.05, 4.69) is 0 Å². The minimum Gasteiger partial charge on any atom is -0.491 e. The maximum Gasteiger partial charge on any atom is 0.328 e. The van der Waals surface area contributed by atoms with Crippen molar-refractivity contribution in [2.24, 2.45) is 0 Å². The van der Waals surface area contributed by atoms with E-state index in [0.29, 0.717) is 10.9 Å². The average molecular weight is 175 g/mol. The smallest absolute Gasteiger partial charge is 0.328 e. The molecule has 1 aromatic heterocycles. The Bertz CT molecular complexity index is 252. The summed E-state index contributed by atoms with van der Waals surface area (Å²) in [5.41, 5.74) is 0.772. The monoisotopic (exact) mass is 174 g/mol. The Kier molecular flexibility index (Phi) is 2.19. The molecule has 0 aromatic carbocycles. The average Bonchev–Trinajstić information content (AvgIpc) is 1.99. The van der Waals surface area contributed by atoms with Crippen LogP contribution in [0.25, 0.3) is 0 Å². The van der Waals surface area contributed by atoms with Gasteiger partial charge in [-0.25, -0.2) is 0 Å². The van der Waals surface area contributed by atoms with Crippen molar-refractivity contribution in [2.75, 3.05) is 7.11 Å². The van der Waals surface area contributed by atoms with E-state index in [1.54, 1.807) is 13.0 Å². The Morgan fingerprint density at radius 1 is 1.64 bits per heavy atom. The zero-order chi connectivity index (χ0) is 8.43. The van der Waals surface area contributed by atoms with Gasteiger partial charge in [0, 0.05) is 10.3 Å². The number of rotatable bonds is 1. The highest BCUT2D eigenvalue weighted by Gasteiger charge is 2.12. The summed E-state index contributed by atoms with van der Waals surface area (Å²) in [7, 11) is 1.53. The molecule has 0 aliphatic rings. The third kappa shape index (κ3) is 1.54. The van der Waals surface area contributed by atoms with Gasteiger partial charge in [0.2, 0.25) is 0 Å². The summed E-state index contributed by atoms with van der Waals surface area (Å²) in [6, 6.07) is 1.75. The van der Waals surface area contributed by atoms with Gasteiger partial charge in [-0.2, -0.15) is 0 Å². The Morgan fingerprint density at radius 3 is 2.73 bits per heavy atom. The molecule has 0 radical (unpaired) electrons. The number of hydrogen-bond donors (Lipinski definition) is 1. The van der Waals surface area contributed by atoms with E-state index in [9.17, 15) is 0 Å². The van der Waals surface area contributed by atoms with Gasteiger partial charge in [-0.15, -0.1) is 0 Å². The van der Waals surface area contributed by atoms with Crippen LogP contribution in [0.4, 0.5) is 0 Å². The number of aromatic nitrogens is 1. The number of halogens is 1. The van der Waals surface area contributed by atoms with Crippen LogP contribution < -0.4 is 9.47 Å². The molecule has 0 amide bonds. The molecular formula is C7H9ClNO2+. The van der Waals surface area contributed by atoms with Gasteiger partial charge in [-0.3, -0.25) is 5.21 Å². The van der Waals surface area contributed by atoms with Gasteiger partial charge in [0.1, 0.15) is 0 Å². The number of pyridine rings is 1. The van der Waals surface area contributed by atoms with Crippen LogP contribution in [0.3, 0.4) is 0 Å². The minimum absolute atomic E-state index is 0.297. The fourth-order valence-electron chi connectivity index (χ4n) is 0.780. The first kappa shape index (κ1) is 8.14. The number of ether oxygens (including phenoxy) is 1. The van der Waals surface area contributed by atoms with E-state index in [1.807, 2.05) is 0 Å². The fraction of sp³-hybridized carbons (Fsp3) is 0.286. The lowest BCUT2D eigenvalue weighted by molar-refractivity contribution is -0.903. The quantitative estimate of drug-likeness (QED) is 0.394. The first-order valence-corrected chi connectivity index (χ1v) is 3.48. The molecule has 0 saturated carbocycles. The van der Waals surface area contributed by atoms with Crippen molar-refractivity contribution in [1.29, 1.82) is 0 Å². The van der Waals surface area contributed by atoms with Crippen molar-refractivity contribution in [2.45, 2.75) is 6.92 Å². The summed E-state index contributed by atoms with van der Waals surface area (Å²) in [5, 5.41) is 9.41. The third-order valence-corrected chi connectivity index (χ3v) is 1.84. The summed E-state index contributed by atoms with van der Waals surface area (Å²) < 4.78 is 5.72. The van der Waals surface area contributed by atoms with Crippen molar-refractivity contribution in [3.63, 3.8) is 0 Å². The Labute approximate surface area is 69.8 Å². The van der Waals surface area contributed by atoms with Crippen molar-refractivity contribution < 1.29 is 14.7 Å². The van der Waals surface area contributed by atoms with E-state index in [0.717, 1.165) is 10.3 Å². The van der Waals surface area contributed by atoms with E-state index in [-0.39, 0.29) is 0 Å². The molecule has 1 heterocycles. The highest BCUT2D eigenvalue weighted by atomic mass is 35.5. The van der Waals surface area contributed by atoms with Gasteiger partial charge in [0.25, 0.3) is 6.20 Å². The molecule has 0 aliphatic carbocycles. The van der Waals surface area contributed by atoms with Gasteiger partial charge in [0.15, 0.2) is 5.75 Å². The molecule has 11 heavy (non-hydrogen) atoms. The van der Waals surface area contributed by atoms with Crippen molar-refractivity contribution in [3.8, 4) is 5.75 Å². The SMILES string of the molecule is COc1cc(C)c(Cl)[n+](O)c1. The predicted molar refractivity (Wildman–Crippen MR) is 40.1 cm³/mol. The highest BCUT2D eigenvalue weighted by molar-refractivity contribution is 6.29. The summed E-state index contributed by atoms with van der Waals surface area (Å²) in [4.78, 5) is 0. The summed E-state index contributed by atoms with van der Waals surface area (Å²) >= 11 is 5.66. The topological polar surface area (TPSA) is 33.3 Å². The molecule has 3 nitrogen and oxygen atoms in total. The van der Waals surface area contributed by atoms with Gasteiger partial charge in [-0.05, 0) is 24.6 Å². The number of hydrogen-bond acceptors (Lipinski definition) is 2. The molecule has 0 fully saturated rings. The number of nitrogens with zero attached hydrogens (tertiary/aromatic N) is 1. The lowest BCUT2D eigenvalue weighted by atomic mass is 10.3. The molecule has 1 aromatic rings. The van der Waals surface area contributed by atoms with E-state index in [4.69, 9.17) is 21.5 Å². The molecule has 60 valence electrons. The molecule has 0 bridgehead atoms. The van der Waals surface area contributed by atoms with Crippen LogP contribution in [0.2, 0.25) is 5.15 Å². The minimum atomic E-state index is 0.297. The summed E-state index contributed by atoms with van der Waals surface area (Å²) in [5.74, 6) is 0.578. The maximum absolute atomic E-state index is 9.12. The second-order valence-electron chi connectivity index (χ2n) is 2.20. The highest BCUT2D eigenvalue weighted by Crippen LogP contribution is 2.15. The molecule has 0 atom stereocenters. The molecular weight excluding hydrogens is 166 g/mol. The van der Waals surface area contributed by atoms with E-state index in [1.165, 1.54) is 13.3 Å². The van der Waals surface area contributed by atoms with Gasteiger partial charge < -0.3 is 4.74 Å². The third-order valence-electron chi connectivity index (χ3n) is 1.37. The van der Waals surface area contributed by atoms with Crippen LogP contribution >= 0.6 is 11.6 Å². The van der Waals surface area contributed by atoms with Crippen molar-refractivity contribution >= 4 is 11.6 Å². The maximum atomic E-state index is 9.12. The van der Waals surface area contributed by atoms with Crippen LogP contribution in [0, 0.1) is 6.92 Å². The zero-order valence-corrected chi connectivity index (χ0v) is 7.09. The summed E-state index contributed by atoms with van der Waals surface area (Å²) in [6.07, 6.45) is 1.40. The molecule has 4 heteroatoms. The molecule has 0 unspecified atom stereocenters. The first-order valence-electron chi connectivity index (χ1n) is 3.10. The van der Waals surface area contributed by atoms with Crippen LogP contribution in [-0.4, -0.2) is 12.3 Å². The van der Waals surface area contributed by atoms with Crippen LogP contribution in [-0.2, 0) is 0 Å². The standard InChI is InChI=1S/C7H9ClNO2/c1-5-3-6(11-2)4-9(10)7(5)8/h3-4,10H,1-2H3/q+1. The first-order chi connectivity index (χ1) is 5.15. The van der Waals surface area contributed by atoms with E-state index < -0.39 is 0 Å². The Hall–Kier alpha value is -0.960. The normalized spacial score (nSPS) is 9.73. The Morgan fingerprint density at radius 2 is 2.27 bits per heavy atom. The molecule has 0 aliphatic heterocycles. The molecule has 0 saturated heterocycles. The van der Waals surface area contributed by atoms with Crippen molar-refractivity contribution in [1.82, 2.24) is 0 Å². The van der Waals surface area contributed by atoms with Gasteiger partial charge >= 0.3 is 5.15 Å². The molecule has 1 N–H and O–H groups in total. The second-order valence-corrected chi connectivity index (χ2v) is 2.56. The van der Waals surface area contributed by atoms with Gasteiger partial charge in [-0.1, -0.05) is 0 Å². The van der Waals surface area contributed by atoms with Crippen molar-refractivity contribution in [3.05, 3.63) is 23.0 Å². The predicted octanol–water partition coefficient (Wildman–Crippen LogP) is 1.18. The number of methoxy groups -OCH3 is 1. The van der Waals surface area contributed by atoms with Crippen LogP contribution in [0.15, 0.2) is 12.3 Å². The lowest BCUT2D eigenvalue weighted by Crippen LogP contribution is -2.31. The summed E-state index contributed by atoms with van der Waals surface area (Å²) in [6.45, 7) is 1.79. The van der Waals surface area contributed by atoms with Crippen LogP contribution in [0.5, 0.6) is 5.75 Å². The second kappa shape index (κ2) is 2.96. The molecule has 1 rings (SSSR count). The fourth-order valence-corrected chi connectivity index (χ4v) is 0.883. The zero-order valence-electron chi connectivity index (χ0n) is 6.34. The number of aryl methyl sites for hydroxylation is 1. The molecule has 0 spiro atoms. The van der Waals surface area contributed by atoms with Crippen LogP contribution in [0.1, 0.15) is 5.56 Å². The van der Waals surface area contributed by atoms with Gasteiger partial charge in [0.05, 0.1) is 7.11 Å².